The van der Waals surface area contributed by atoms with Gasteiger partial charge < -0.3 is 5.11 Å². The first-order valence-electron chi connectivity index (χ1n) is 5.98. The number of alkyl halides is 3. The molecular formula is C15H11F5O. The van der Waals surface area contributed by atoms with E-state index in [1.807, 2.05) is 0 Å². The number of halogens is 5. The van der Waals surface area contributed by atoms with Crippen molar-refractivity contribution in [3.63, 3.8) is 0 Å². The molecule has 1 unspecified atom stereocenters. The van der Waals surface area contributed by atoms with Gasteiger partial charge in [0.1, 0.15) is 17.2 Å². The fourth-order valence-electron chi connectivity index (χ4n) is 1.99. The van der Waals surface area contributed by atoms with Crippen molar-refractivity contribution in [2.75, 3.05) is 0 Å². The molecule has 0 saturated carbocycles. The molecule has 0 aliphatic heterocycles. The summed E-state index contributed by atoms with van der Waals surface area (Å²) in [5, 5.41) is 10.4. The van der Waals surface area contributed by atoms with Gasteiger partial charge in [-0.3, -0.25) is 0 Å². The molecule has 2 rings (SSSR count). The van der Waals surface area contributed by atoms with Crippen LogP contribution in [0.5, 0.6) is 0 Å². The monoisotopic (exact) mass is 302 g/mol. The Kier molecular flexibility index (Phi) is 3.76. The minimum absolute atomic E-state index is 0.136. The van der Waals surface area contributed by atoms with Crippen LogP contribution in [-0.2, 0) is 11.8 Å². The topological polar surface area (TPSA) is 20.2 Å². The van der Waals surface area contributed by atoms with Crippen molar-refractivity contribution in [1.82, 2.24) is 0 Å². The SMILES string of the molecule is CC(O)(c1ccc(F)cc1)c1ccc(F)c(C(F)(F)F)c1. The minimum Gasteiger partial charge on any atom is -0.381 e. The van der Waals surface area contributed by atoms with Gasteiger partial charge in [0.15, 0.2) is 0 Å². The van der Waals surface area contributed by atoms with Gasteiger partial charge in [0, 0.05) is 0 Å². The maximum Gasteiger partial charge on any atom is 0.419 e. The summed E-state index contributed by atoms with van der Waals surface area (Å²) >= 11 is 0. The van der Waals surface area contributed by atoms with E-state index in [0.29, 0.717) is 12.1 Å². The Morgan fingerprint density at radius 3 is 1.90 bits per heavy atom. The second kappa shape index (κ2) is 5.11. The van der Waals surface area contributed by atoms with Gasteiger partial charge in [0.25, 0.3) is 0 Å². The van der Waals surface area contributed by atoms with E-state index >= 15 is 0 Å². The van der Waals surface area contributed by atoms with Crippen LogP contribution in [0.1, 0.15) is 23.6 Å². The highest BCUT2D eigenvalue weighted by atomic mass is 19.4. The number of hydrogen-bond acceptors (Lipinski definition) is 1. The summed E-state index contributed by atoms with van der Waals surface area (Å²) in [4.78, 5) is 0. The van der Waals surface area contributed by atoms with E-state index in [1.54, 1.807) is 0 Å². The third-order valence-electron chi connectivity index (χ3n) is 3.24. The number of rotatable bonds is 2. The van der Waals surface area contributed by atoms with E-state index in [9.17, 15) is 27.1 Å². The predicted octanol–water partition coefficient (Wildman–Crippen LogP) is 4.24. The molecule has 1 nitrogen and oxygen atoms in total. The molecule has 0 amide bonds. The molecule has 0 aromatic heterocycles. The van der Waals surface area contributed by atoms with Gasteiger partial charge in [0.2, 0.25) is 0 Å². The smallest absolute Gasteiger partial charge is 0.381 e. The molecule has 112 valence electrons. The van der Waals surface area contributed by atoms with Gasteiger partial charge in [-0.2, -0.15) is 13.2 Å². The summed E-state index contributed by atoms with van der Waals surface area (Å²) in [6.07, 6.45) is -4.86. The fraction of sp³-hybridized carbons (Fsp3) is 0.200. The van der Waals surface area contributed by atoms with Crippen molar-refractivity contribution in [2.45, 2.75) is 18.7 Å². The second-order valence-corrected chi connectivity index (χ2v) is 4.77. The van der Waals surface area contributed by atoms with Crippen molar-refractivity contribution in [1.29, 1.82) is 0 Å². The second-order valence-electron chi connectivity index (χ2n) is 4.77. The van der Waals surface area contributed by atoms with E-state index in [-0.39, 0.29) is 11.1 Å². The van der Waals surface area contributed by atoms with Crippen LogP contribution in [-0.4, -0.2) is 5.11 Å². The summed E-state index contributed by atoms with van der Waals surface area (Å²) in [7, 11) is 0. The van der Waals surface area contributed by atoms with E-state index in [4.69, 9.17) is 0 Å². The Hall–Kier alpha value is -1.95. The van der Waals surface area contributed by atoms with Gasteiger partial charge in [-0.05, 0) is 42.3 Å². The number of benzene rings is 2. The third kappa shape index (κ3) is 3.05. The molecule has 21 heavy (non-hydrogen) atoms. The molecule has 0 radical (unpaired) electrons. The lowest BCUT2D eigenvalue weighted by Gasteiger charge is -2.25. The summed E-state index contributed by atoms with van der Waals surface area (Å²) < 4.78 is 64.2. The molecule has 0 aliphatic rings. The molecule has 2 aromatic rings. The summed E-state index contributed by atoms with van der Waals surface area (Å²) in [5.41, 5.74) is -3.20. The summed E-state index contributed by atoms with van der Waals surface area (Å²) in [6.45, 7) is 1.26. The van der Waals surface area contributed by atoms with Crippen LogP contribution < -0.4 is 0 Å². The van der Waals surface area contributed by atoms with E-state index in [1.165, 1.54) is 19.1 Å². The molecule has 1 N–H and O–H groups in total. The van der Waals surface area contributed by atoms with Crippen LogP contribution in [0.25, 0.3) is 0 Å². The van der Waals surface area contributed by atoms with E-state index in [2.05, 4.69) is 0 Å². The zero-order valence-corrected chi connectivity index (χ0v) is 10.9. The quantitative estimate of drug-likeness (QED) is 0.823. The van der Waals surface area contributed by atoms with E-state index < -0.39 is 29.0 Å². The lowest BCUT2D eigenvalue weighted by atomic mass is 9.87. The van der Waals surface area contributed by atoms with Crippen molar-refractivity contribution in [3.05, 3.63) is 70.8 Å². The average Bonchev–Trinajstić information content (AvgIpc) is 2.38. The van der Waals surface area contributed by atoms with Crippen molar-refractivity contribution < 1.29 is 27.1 Å². The highest BCUT2D eigenvalue weighted by Gasteiger charge is 2.36. The molecule has 0 saturated heterocycles. The van der Waals surface area contributed by atoms with Crippen LogP contribution in [0.4, 0.5) is 22.0 Å². The minimum atomic E-state index is -4.86. The van der Waals surface area contributed by atoms with Crippen LogP contribution in [0, 0.1) is 11.6 Å². The van der Waals surface area contributed by atoms with Gasteiger partial charge in [0.05, 0.1) is 5.56 Å². The van der Waals surface area contributed by atoms with E-state index in [0.717, 1.165) is 18.2 Å². The molecular weight excluding hydrogens is 291 g/mol. The van der Waals surface area contributed by atoms with Crippen molar-refractivity contribution >= 4 is 0 Å². The first-order valence-corrected chi connectivity index (χ1v) is 5.98. The highest BCUT2D eigenvalue weighted by Crippen LogP contribution is 2.36. The number of aliphatic hydroxyl groups is 1. The first kappa shape index (κ1) is 15.4. The van der Waals surface area contributed by atoms with Crippen LogP contribution in [0.3, 0.4) is 0 Å². The largest absolute Gasteiger partial charge is 0.419 e. The Morgan fingerprint density at radius 2 is 1.38 bits per heavy atom. The Labute approximate surface area is 117 Å². The first-order chi connectivity index (χ1) is 9.62. The molecule has 0 spiro atoms. The average molecular weight is 302 g/mol. The number of hydrogen-bond donors (Lipinski definition) is 1. The lowest BCUT2D eigenvalue weighted by molar-refractivity contribution is -0.140. The van der Waals surface area contributed by atoms with Crippen LogP contribution in [0.15, 0.2) is 42.5 Å². The zero-order valence-electron chi connectivity index (χ0n) is 10.9. The third-order valence-corrected chi connectivity index (χ3v) is 3.24. The molecule has 1 atom stereocenters. The molecule has 0 aliphatic carbocycles. The Balaban J connectivity index is 2.52. The maximum atomic E-state index is 13.3. The molecule has 0 fully saturated rings. The molecule has 2 aromatic carbocycles. The lowest BCUT2D eigenvalue weighted by Crippen LogP contribution is -2.24. The molecule has 0 bridgehead atoms. The Morgan fingerprint density at radius 1 is 0.857 bits per heavy atom. The summed E-state index contributed by atoms with van der Waals surface area (Å²) in [5.74, 6) is -1.95. The molecule has 0 heterocycles. The van der Waals surface area contributed by atoms with Gasteiger partial charge in [-0.1, -0.05) is 18.2 Å². The van der Waals surface area contributed by atoms with Crippen molar-refractivity contribution in [3.8, 4) is 0 Å². The Bertz CT molecular complexity index is 644. The standard InChI is InChI=1S/C15H11F5O/c1-14(21,9-2-5-11(16)6-3-9)10-4-7-13(17)12(8-10)15(18,19)20/h2-8,21H,1H3. The zero-order chi connectivity index (χ0) is 15.8. The van der Waals surface area contributed by atoms with Gasteiger partial charge >= 0.3 is 6.18 Å². The highest BCUT2D eigenvalue weighted by molar-refractivity contribution is 5.38. The van der Waals surface area contributed by atoms with Gasteiger partial charge in [-0.25, -0.2) is 8.78 Å². The van der Waals surface area contributed by atoms with Crippen LogP contribution >= 0.6 is 0 Å². The predicted molar refractivity (Wildman–Crippen MR) is 66.5 cm³/mol. The maximum absolute atomic E-state index is 13.3. The summed E-state index contributed by atoms with van der Waals surface area (Å²) in [6, 6.07) is 6.94. The molecule has 6 heteroatoms. The van der Waals surface area contributed by atoms with Crippen LogP contribution in [0.2, 0.25) is 0 Å². The van der Waals surface area contributed by atoms with Gasteiger partial charge in [-0.15, -0.1) is 0 Å². The van der Waals surface area contributed by atoms with Crippen molar-refractivity contribution in [2.24, 2.45) is 0 Å². The normalized spacial score (nSPS) is 14.8. The fourth-order valence-corrected chi connectivity index (χ4v) is 1.99.